The average Bonchev–Trinajstić information content (AvgIpc) is 3.32. The number of aryl methyl sites for hydroxylation is 1. The minimum Gasteiger partial charge on any atom is -0.453 e. The maximum absolute atomic E-state index is 12.8. The molecule has 4 aromatic rings. The molecule has 29 heavy (non-hydrogen) atoms. The highest BCUT2D eigenvalue weighted by atomic mass is 32.1. The molecular formula is C21H17N3O4S. The van der Waals surface area contributed by atoms with Gasteiger partial charge in [0.25, 0.3) is 11.2 Å². The minimum atomic E-state index is -0.445. The van der Waals surface area contributed by atoms with Crippen LogP contribution in [-0.2, 0) is 12.8 Å². The third kappa shape index (κ3) is 3.05. The van der Waals surface area contributed by atoms with Gasteiger partial charge in [-0.2, -0.15) is 0 Å². The molecule has 8 heteroatoms. The van der Waals surface area contributed by atoms with Crippen molar-refractivity contribution in [2.24, 2.45) is 5.92 Å². The largest absolute Gasteiger partial charge is 0.453 e. The third-order valence-corrected chi connectivity index (χ3v) is 6.49. The maximum atomic E-state index is 12.8. The highest BCUT2D eigenvalue weighted by molar-refractivity contribution is 7.18. The highest BCUT2D eigenvalue weighted by Gasteiger charge is 2.23. The Hall–Kier alpha value is -3.26. The molecule has 0 spiro atoms. The second kappa shape index (κ2) is 6.66. The van der Waals surface area contributed by atoms with Gasteiger partial charge in [-0.3, -0.25) is 14.9 Å². The molecule has 0 saturated heterocycles. The summed E-state index contributed by atoms with van der Waals surface area (Å²) in [6.07, 6.45) is 2.99. The fourth-order valence-electron chi connectivity index (χ4n) is 3.86. The number of hydrogen-bond donors (Lipinski definition) is 1. The van der Waals surface area contributed by atoms with Crippen molar-refractivity contribution in [3.05, 3.63) is 67.3 Å². The molecule has 146 valence electrons. The van der Waals surface area contributed by atoms with Crippen molar-refractivity contribution in [1.29, 1.82) is 0 Å². The van der Waals surface area contributed by atoms with Crippen molar-refractivity contribution in [3.63, 3.8) is 0 Å². The van der Waals surface area contributed by atoms with Crippen LogP contribution in [0.25, 0.3) is 33.1 Å². The van der Waals surface area contributed by atoms with Crippen molar-refractivity contribution in [2.75, 3.05) is 0 Å². The van der Waals surface area contributed by atoms with Crippen LogP contribution in [0.2, 0.25) is 0 Å². The number of non-ortho nitro benzene ring substituents is 1. The summed E-state index contributed by atoms with van der Waals surface area (Å²) in [5.41, 5.74) is 1.58. The summed E-state index contributed by atoms with van der Waals surface area (Å²) in [5, 5.41) is 11.7. The zero-order valence-electron chi connectivity index (χ0n) is 15.6. The van der Waals surface area contributed by atoms with Gasteiger partial charge in [0.15, 0.2) is 11.6 Å². The van der Waals surface area contributed by atoms with Crippen LogP contribution >= 0.6 is 11.3 Å². The predicted molar refractivity (Wildman–Crippen MR) is 111 cm³/mol. The average molecular weight is 407 g/mol. The van der Waals surface area contributed by atoms with Gasteiger partial charge in [0.05, 0.1) is 10.3 Å². The van der Waals surface area contributed by atoms with Crippen LogP contribution in [0.1, 0.15) is 23.8 Å². The van der Waals surface area contributed by atoms with Crippen LogP contribution in [0.5, 0.6) is 0 Å². The SMILES string of the molecule is C[C@H]1CCc2c(sc3nc(-c4ccc(-c5cccc([N+](=O)[O-])c5)o4)[nH]c(=O)c23)C1. The lowest BCUT2D eigenvalue weighted by atomic mass is 9.89. The van der Waals surface area contributed by atoms with Gasteiger partial charge in [0.1, 0.15) is 10.6 Å². The van der Waals surface area contributed by atoms with Gasteiger partial charge in [-0.15, -0.1) is 11.3 Å². The first-order chi connectivity index (χ1) is 14.0. The molecule has 0 fully saturated rings. The van der Waals surface area contributed by atoms with Crippen LogP contribution in [0.4, 0.5) is 5.69 Å². The number of nitrogens with one attached hydrogen (secondary N) is 1. The Labute approximate surface area is 169 Å². The van der Waals surface area contributed by atoms with Gasteiger partial charge in [-0.1, -0.05) is 19.1 Å². The zero-order valence-corrected chi connectivity index (χ0v) is 16.4. The summed E-state index contributed by atoms with van der Waals surface area (Å²) in [7, 11) is 0. The van der Waals surface area contributed by atoms with Crippen molar-refractivity contribution in [2.45, 2.75) is 26.2 Å². The molecule has 0 bridgehead atoms. The number of fused-ring (bicyclic) bond motifs is 3. The van der Waals surface area contributed by atoms with Gasteiger partial charge in [0.2, 0.25) is 0 Å². The molecule has 1 aromatic carbocycles. The Kier molecular flexibility index (Phi) is 4.09. The second-order valence-electron chi connectivity index (χ2n) is 7.42. The van der Waals surface area contributed by atoms with E-state index in [2.05, 4.69) is 16.9 Å². The van der Waals surface area contributed by atoms with Crippen LogP contribution in [-0.4, -0.2) is 14.9 Å². The van der Waals surface area contributed by atoms with Crippen molar-refractivity contribution >= 4 is 27.2 Å². The Morgan fingerprint density at radius 2 is 2.10 bits per heavy atom. The monoisotopic (exact) mass is 407 g/mol. The van der Waals surface area contributed by atoms with Gasteiger partial charge in [0, 0.05) is 22.6 Å². The smallest absolute Gasteiger partial charge is 0.270 e. The number of nitro benzene ring substituents is 1. The summed E-state index contributed by atoms with van der Waals surface area (Å²) < 4.78 is 5.86. The fraction of sp³-hybridized carbons (Fsp3) is 0.238. The number of aromatic amines is 1. The number of thiophene rings is 1. The van der Waals surface area contributed by atoms with Gasteiger partial charge >= 0.3 is 0 Å². The molecule has 1 aliphatic carbocycles. The van der Waals surface area contributed by atoms with Crippen LogP contribution in [0.15, 0.2) is 45.6 Å². The Morgan fingerprint density at radius 1 is 1.28 bits per heavy atom. The van der Waals surface area contributed by atoms with Crippen LogP contribution in [0, 0.1) is 16.0 Å². The van der Waals surface area contributed by atoms with E-state index in [0.29, 0.717) is 34.2 Å². The molecule has 0 aliphatic heterocycles. The van der Waals surface area contributed by atoms with Crippen molar-refractivity contribution < 1.29 is 9.34 Å². The number of benzene rings is 1. The number of H-pyrrole nitrogens is 1. The fourth-order valence-corrected chi connectivity index (χ4v) is 5.24. The predicted octanol–water partition coefficient (Wildman–Crippen LogP) is 4.94. The quantitative estimate of drug-likeness (QED) is 0.383. The summed E-state index contributed by atoms with van der Waals surface area (Å²) in [4.78, 5) is 32.8. The van der Waals surface area contributed by atoms with E-state index in [4.69, 9.17) is 4.42 Å². The first-order valence-electron chi connectivity index (χ1n) is 9.39. The summed E-state index contributed by atoms with van der Waals surface area (Å²) in [6, 6.07) is 9.67. The topological polar surface area (TPSA) is 102 Å². The third-order valence-electron chi connectivity index (χ3n) is 5.35. The van der Waals surface area contributed by atoms with E-state index >= 15 is 0 Å². The Balaban J connectivity index is 1.56. The van der Waals surface area contributed by atoms with E-state index in [-0.39, 0.29) is 11.2 Å². The molecule has 1 N–H and O–H groups in total. The Morgan fingerprint density at radius 3 is 2.93 bits per heavy atom. The number of hydrogen-bond acceptors (Lipinski definition) is 6. The molecular weight excluding hydrogens is 390 g/mol. The van der Waals surface area contributed by atoms with Crippen LogP contribution in [0.3, 0.4) is 0 Å². The molecule has 1 atom stereocenters. The first kappa shape index (κ1) is 17.8. The molecule has 0 amide bonds. The van der Waals surface area contributed by atoms with Crippen molar-refractivity contribution in [3.8, 4) is 22.9 Å². The molecule has 0 unspecified atom stereocenters. The number of rotatable bonds is 3. The molecule has 7 nitrogen and oxygen atoms in total. The number of nitrogens with zero attached hydrogens (tertiary/aromatic N) is 2. The van der Waals surface area contributed by atoms with E-state index in [1.54, 1.807) is 35.6 Å². The van der Waals surface area contributed by atoms with Crippen LogP contribution < -0.4 is 5.56 Å². The number of aromatic nitrogens is 2. The standard InChI is InChI=1S/C21H17N3O4S/c1-11-5-6-14-17(9-11)29-21-18(14)20(25)22-19(23-21)16-8-7-15(28-16)12-3-2-4-13(10-12)24(26)27/h2-4,7-8,10-11H,5-6,9H2,1H3,(H,22,23,25)/t11-/m0/s1. The van der Waals surface area contributed by atoms with E-state index in [0.717, 1.165) is 29.7 Å². The second-order valence-corrected chi connectivity index (χ2v) is 8.50. The lowest BCUT2D eigenvalue weighted by molar-refractivity contribution is -0.384. The maximum Gasteiger partial charge on any atom is 0.270 e. The molecule has 0 saturated carbocycles. The van der Waals surface area contributed by atoms with Gasteiger partial charge in [-0.05, 0) is 42.9 Å². The molecule has 1 aliphatic rings. The molecule has 3 heterocycles. The lowest BCUT2D eigenvalue weighted by Crippen LogP contribution is -2.13. The van der Waals surface area contributed by atoms with E-state index in [9.17, 15) is 14.9 Å². The van der Waals surface area contributed by atoms with Gasteiger partial charge < -0.3 is 9.40 Å². The zero-order chi connectivity index (χ0) is 20.1. The minimum absolute atomic E-state index is 0.00760. The van der Waals surface area contributed by atoms with Crippen molar-refractivity contribution in [1.82, 2.24) is 9.97 Å². The van der Waals surface area contributed by atoms with E-state index in [1.807, 2.05) is 0 Å². The molecule has 3 aromatic heterocycles. The first-order valence-corrected chi connectivity index (χ1v) is 10.2. The Bertz CT molecular complexity index is 1320. The summed E-state index contributed by atoms with van der Waals surface area (Å²) >= 11 is 1.59. The summed E-state index contributed by atoms with van der Waals surface area (Å²) in [5.74, 6) is 1.89. The van der Waals surface area contributed by atoms with Gasteiger partial charge in [-0.25, -0.2) is 4.98 Å². The number of nitro groups is 1. The van der Waals surface area contributed by atoms with E-state index < -0.39 is 4.92 Å². The number of furan rings is 1. The summed E-state index contributed by atoms with van der Waals surface area (Å²) in [6.45, 7) is 2.23. The molecule has 0 radical (unpaired) electrons. The molecule has 5 rings (SSSR count). The lowest BCUT2D eigenvalue weighted by Gasteiger charge is -2.17. The highest BCUT2D eigenvalue weighted by Crippen LogP contribution is 2.36. The van der Waals surface area contributed by atoms with E-state index in [1.165, 1.54) is 17.0 Å². The normalized spacial score (nSPS) is 16.1.